The highest BCUT2D eigenvalue weighted by Crippen LogP contribution is 2.35. The molecule has 9 nitrogen and oxygen atoms in total. The SMILES string of the molecule is C[C@@H]1C[C@H](NS(C)(=O)=O)[C@@H]2COC3CCC(CC3)c3cccc(n3)N(C)CCCOC(=O)N12. The molecule has 10 heteroatoms. The lowest BCUT2D eigenvalue weighted by molar-refractivity contribution is -0.0105. The Hall–Kier alpha value is -1.91. The lowest BCUT2D eigenvalue weighted by atomic mass is 9.85. The van der Waals surface area contributed by atoms with E-state index in [4.69, 9.17) is 14.5 Å². The van der Waals surface area contributed by atoms with E-state index in [9.17, 15) is 13.2 Å². The minimum Gasteiger partial charge on any atom is -0.449 e. The molecule has 0 unspecified atom stereocenters. The normalized spacial score (nSPS) is 31.7. The number of nitrogens with zero attached hydrogens (tertiary/aromatic N) is 3. The molecule has 0 aromatic carbocycles. The molecule has 1 aromatic rings. The van der Waals surface area contributed by atoms with Gasteiger partial charge in [0, 0.05) is 37.3 Å². The van der Waals surface area contributed by atoms with Gasteiger partial charge in [0.2, 0.25) is 10.0 Å². The summed E-state index contributed by atoms with van der Waals surface area (Å²) in [5, 5.41) is 0. The Morgan fingerprint density at radius 3 is 2.67 bits per heavy atom. The van der Waals surface area contributed by atoms with Gasteiger partial charge < -0.3 is 14.4 Å². The number of amides is 1. The topological polar surface area (TPSA) is 101 Å². The van der Waals surface area contributed by atoms with Crippen LogP contribution in [-0.2, 0) is 19.5 Å². The van der Waals surface area contributed by atoms with Crippen molar-refractivity contribution >= 4 is 21.9 Å². The van der Waals surface area contributed by atoms with Gasteiger partial charge in [0.25, 0.3) is 0 Å². The molecule has 1 N–H and O–H groups in total. The van der Waals surface area contributed by atoms with E-state index < -0.39 is 28.2 Å². The first-order valence-electron chi connectivity index (χ1n) is 11.9. The summed E-state index contributed by atoms with van der Waals surface area (Å²) >= 11 is 0. The van der Waals surface area contributed by atoms with Gasteiger partial charge in [0.1, 0.15) is 5.82 Å². The number of sulfonamides is 1. The fourth-order valence-corrected chi connectivity index (χ4v) is 6.17. The van der Waals surface area contributed by atoms with Crippen LogP contribution in [0.2, 0.25) is 0 Å². The van der Waals surface area contributed by atoms with Crippen LogP contribution in [0.15, 0.2) is 18.2 Å². The van der Waals surface area contributed by atoms with Crippen LogP contribution in [0.1, 0.15) is 57.1 Å². The summed E-state index contributed by atoms with van der Waals surface area (Å²) in [6, 6.07) is 5.27. The number of carbonyl (C=O) groups excluding carboxylic acids is 1. The third-order valence-corrected chi connectivity index (χ3v) is 7.80. The molecule has 4 aliphatic rings. The van der Waals surface area contributed by atoms with E-state index in [1.54, 1.807) is 4.90 Å². The molecule has 5 rings (SSSR count). The number of carbonyl (C=O) groups is 1. The zero-order valence-electron chi connectivity index (χ0n) is 19.8. The fraction of sp³-hybridized carbons (Fsp3) is 0.739. The number of anilines is 1. The molecule has 4 bridgehead atoms. The quantitative estimate of drug-likeness (QED) is 0.694. The Balaban J connectivity index is 1.54. The molecular formula is C23H36N4O5S. The zero-order valence-corrected chi connectivity index (χ0v) is 20.6. The maximum atomic E-state index is 13.0. The average Bonchev–Trinajstić information content (AvgIpc) is 3.07. The number of pyridine rings is 1. The lowest BCUT2D eigenvalue weighted by Crippen LogP contribution is -2.50. The van der Waals surface area contributed by atoms with Crippen LogP contribution < -0.4 is 9.62 Å². The van der Waals surface area contributed by atoms with Crippen molar-refractivity contribution in [2.45, 2.75) is 75.6 Å². The van der Waals surface area contributed by atoms with Crippen molar-refractivity contribution in [3.63, 3.8) is 0 Å². The zero-order chi connectivity index (χ0) is 23.6. The van der Waals surface area contributed by atoms with Gasteiger partial charge in [-0.05, 0) is 57.6 Å². The van der Waals surface area contributed by atoms with Crippen molar-refractivity contribution in [1.82, 2.24) is 14.6 Å². The van der Waals surface area contributed by atoms with Crippen molar-refractivity contribution in [3.8, 4) is 0 Å². The molecule has 184 valence electrons. The van der Waals surface area contributed by atoms with Crippen molar-refractivity contribution in [1.29, 1.82) is 0 Å². The summed E-state index contributed by atoms with van der Waals surface area (Å²) in [7, 11) is -1.41. The first-order valence-corrected chi connectivity index (χ1v) is 13.8. The highest BCUT2D eigenvalue weighted by Gasteiger charge is 2.44. The summed E-state index contributed by atoms with van der Waals surface area (Å²) in [5.74, 6) is 1.35. The van der Waals surface area contributed by atoms with E-state index in [0.29, 0.717) is 25.4 Å². The first kappa shape index (κ1) is 24.2. The number of aromatic nitrogens is 1. The maximum Gasteiger partial charge on any atom is 0.410 e. The van der Waals surface area contributed by atoms with E-state index in [-0.39, 0.29) is 18.8 Å². The molecule has 3 atom stereocenters. The second-order valence-corrected chi connectivity index (χ2v) is 11.5. The third-order valence-electron chi connectivity index (χ3n) is 7.07. The monoisotopic (exact) mass is 480 g/mol. The van der Waals surface area contributed by atoms with Crippen LogP contribution in [0.5, 0.6) is 0 Å². The van der Waals surface area contributed by atoms with Gasteiger partial charge in [0.15, 0.2) is 0 Å². The number of ether oxygens (including phenoxy) is 2. The standard InChI is InChI=1S/C23H36N4O5S/c1-16-14-20(25-33(3,29)30)21-15-32-18-10-8-17(9-11-18)19-6-4-7-22(24-19)26(2)12-5-13-31-23(28)27(16)21/h4,6-7,16-18,20-21,25H,5,8-15H2,1-3H3/t16-,17?,18?,20+,21+/m1/s1. The van der Waals surface area contributed by atoms with Crippen LogP contribution in [-0.4, -0.2) is 81.7 Å². The largest absolute Gasteiger partial charge is 0.449 e. The molecule has 2 fully saturated rings. The summed E-state index contributed by atoms with van der Waals surface area (Å²) in [4.78, 5) is 21.7. The maximum absolute atomic E-state index is 13.0. The summed E-state index contributed by atoms with van der Waals surface area (Å²) < 4.78 is 38.5. The number of fused-ring (bicyclic) bond motifs is 8. The minimum absolute atomic E-state index is 0.0930. The van der Waals surface area contributed by atoms with Crippen molar-refractivity contribution in [3.05, 3.63) is 23.9 Å². The number of nitrogens with one attached hydrogen (secondary N) is 1. The van der Waals surface area contributed by atoms with Crippen LogP contribution in [0.25, 0.3) is 0 Å². The predicted octanol–water partition coefficient (Wildman–Crippen LogP) is 2.48. The van der Waals surface area contributed by atoms with Crippen LogP contribution in [0, 0.1) is 0 Å². The van der Waals surface area contributed by atoms with Gasteiger partial charge in [-0.15, -0.1) is 0 Å². The first-order chi connectivity index (χ1) is 15.7. The van der Waals surface area contributed by atoms with Gasteiger partial charge in [0.05, 0.1) is 31.6 Å². The molecular weight excluding hydrogens is 444 g/mol. The Labute approximate surface area is 196 Å². The number of hydrogen-bond donors (Lipinski definition) is 1. The predicted molar refractivity (Wildman–Crippen MR) is 126 cm³/mol. The Morgan fingerprint density at radius 1 is 1.18 bits per heavy atom. The van der Waals surface area contributed by atoms with Gasteiger partial charge in [-0.2, -0.15) is 0 Å². The summed E-state index contributed by atoms with van der Waals surface area (Å²) in [6.45, 7) is 3.22. The second-order valence-electron chi connectivity index (χ2n) is 9.67. The average molecular weight is 481 g/mol. The van der Waals surface area contributed by atoms with Crippen molar-refractivity contribution < 1.29 is 22.7 Å². The fourth-order valence-electron chi connectivity index (χ4n) is 5.36. The second kappa shape index (κ2) is 10.1. The molecule has 1 saturated heterocycles. The van der Waals surface area contributed by atoms with Crippen molar-refractivity contribution in [2.75, 3.05) is 38.0 Å². The Morgan fingerprint density at radius 2 is 1.94 bits per heavy atom. The molecule has 1 aliphatic carbocycles. The van der Waals surface area contributed by atoms with Gasteiger partial charge in [-0.1, -0.05) is 6.07 Å². The summed E-state index contributed by atoms with van der Waals surface area (Å²) in [5.41, 5.74) is 1.13. The Kier molecular flexibility index (Phi) is 7.45. The summed E-state index contributed by atoms with van der Waals surface area (Å²) in [6.07, 6.45) is 5.89. The molecule has 3 aliphatic heterocycles. The van der Waals surface area contributed by atoms with E-state index in [0.717, 1.165) is 50.0 Å². The number of rotatable bonds is 2. The molecule has 0 radical (unpaired) electrons. The van der Waals surface area contributed by atoms with E-state index in [2.05, 4.69) is 21.8 Å². The molecule has 1 amide bonds. The molecule has 0 spiro atoms. The molecule has 1 saturated carbocycles. The van der Waals surface area contributed by atoms with Gasteiger partial charge >= 0.3 is 6.09 Å². The van der Waals surface area contributed by atoms with Crippen LogP contribution in [0.4, 0.5) is 10.6 Å². The highest BCUT2D eigenvalue weighted by atomic mass is 32.2. The minimum atomic E-state index is -3.41. The van der Waals surface area contributed by atoms with Crippen molar-refractivity contribution in [2.24, 2.45) is 0 Å². The van der Waals surface area contributed by atoms with Gasteiger partial charge in [-0.3, -0.25) is 4.90 Å². The molecule has 1 aromatic heterocycles. The Bertz CT molecular complexity index is 935. The van der Waals surface area contributed by atoms with E-state index >= 15 is 0 Å². The highest BCUT2D eigenvalue weighted by molar-refractivity contribution is 7.88. The van der Waals surface area contributed by atoms with Crippen LogP contribution in [0.3, 0.4) is 0 Å². The smallest absolute Gasteiger partial charge is 0.410 e. The van der Waals surface area contributed by atoms with Crippen LogP contribution >= 0.6 is 0 Å². The van der Waals surface area contributed by atoms with E-state index in [1.807, 2.05) is 20.0 Å². The third kappa shape index (κ3) is 5.96. The molecule has 33 heavy (non-hydrogen) atoms. The van der Waals surface area contributed by atoms with E-state index in [1.165, 1.54) is 0 Å². The van der Waals surface area contributed by atoms with Gasteiger partial charge in [-0.25, -0.2) is 22.9 Å². The molecule has 4 heterocycles. The number of hydrogen-bond acceptors (Lipinski definition) is 7. The lowest BCUT2D eigenvalue weighted by Gasteiger charge is -2.33.